The molecular formula is C18H39N2O2P. The molecule has 0 spiro atoms. The molecule has 1 amide bonds. The lowest BCUT2D eigenvalue weighted by molar-refractivity contribution is 0.0258. The molecule has 0 bridgehead atoms. The maximum atomic E-state index is 11.6. The first-order chi connectivity index (χ1) is 10.7. The van der Waals surface area contributed by atoms with E-state index in [4.69, 9.17) is 4.74 Å². The molecule has 0 aliphatic carbocycles. The minimum atomic E-state index is -0.392. The Bertz CT molecular complexity index is 338. The van der Waals surface area contributed by atoms with E-state index in [0.29, 0.717) is 0 Å². The van der Waals surface area contributed by atoms with Gasteiger partial charge in [-0.15, -0.1) is 0 Å². The molecule has 5 heteroatoms. The molecule has 1 aliphatic heterocycles. The van der Waals surface area contributed by atoms with Gasteiger partial charge in [0.2, 0.25) is 0 Å². The quantitative estimate of drug-likeness (QED) is 0.630. The third-order valence-electron chi connectivity index (χ3n) is 2.84. The zero-order valence-corrected chi connectivity index (χ0v) is 17.8. The van der Waals surface area contributed by atoms with Crippen molar-refractivity contribution in [1.29, 1.82) is 0 Å². The second-order valence-electron chi connectivity index (χ2n) is 6.32. The first-order valence-corrected chi connectivity index (χ1v) is 10.0. The number of hydrogen-bond donors (Lipinski definition) is 0. The van der Waals surface area contributed by atoms with Gasteiger partial charge >= 0.3 is 6.09 Å². The molecule has 138 valence electrons. The van der Waals surface area contributed by atoms with Crippen molar-refractivity contribution in [2.45, 2.75) is 73.8 Å². The fourth-order valence-corrected chi connectivity index (χ4v) is 2.63. The van der Waals surface area contributed by atoms with Gasteiger partial charge in [-0.05, 0) is 46.4 Å². The molecule has 1 aliphatic rings. The van der Waals surface area contributed by atoms with Gasteiger partial charge in [-0.3, -0.25) is 0 Å². The number of carbonyl (C=O) groups excluding carboxylic acids is 1. The van der Waals surface area contributed by atoms with Crippen LogP contribution >= 0.6 is 8.58 Å². The number of unbranched alkanes of at least 4 members (excludes halogenated alkanes) is 1. The second kappa shape index (κ2) is 13.7. The van der Waals surface area contributed by atoms with E-state index in [1.54, 1.807) is 4.90 Å². The van der Waals surface area contributed by atoms with Crippen LogP contribution in [0.25, 0.3) is 0 Å². The van der Waals surface area contributed by atoms with Gasteiger partial charge in [-0.25, -0.2) is 4.79 Å². The highest BCUT2D eigenvalue weighted by Crippen LogP contribution is 2.29. The van der Waals surface area contributed by atoms with Gasteiger partial charge in [0.15, 0.2) is 0 Å². The van der Waals surface area contributed by atoms with Gasteiger partial charge in [0.25, 0.3) is 0 Å². The summed E-state index contributed by atoms with van der Waals surface area (Å²) in [5.41, 5.74) is -0.392. The van der Waals surface area contributed by atoms with Crippen molar-refractivity contribution in [3.63, 3.8) is 0 Å². The Morgan fingerprint density at radius 1 is 1.35 bits per heavy atom. The first kappa shape index (κ1) is 24.5. The predicted molar refractivity (Wildman–Crippen MR) is 104 cm³/mol. The van der Waals surface area contributed by atoms with Crippen LogP contribution in [0.15, 0.2) is 11.5 Å². The Balaban J connectivity index is 0. The lowest BCUT2D eigenvalue weighted by Gasteiger charge is -2.26. The molecule has 0 saturated heterocycles. The summed E-state index contributed by atoms with van der Waals surface area (Å²) in [7, 11) is 3.16. The maximum absolute atomic E-state index is 11.6. The van der Waals surface area contributed by atoms with Crippen LogP contribution in [0.4, 0.5) is 4.79 Å². The fraction of sp³-hybridized carbons (Fsp3) is 0.833. The van der Waals surface area contributed by atoms with Gasteiger partial charge in [0.1, 0.15) is 5.60 Å². The van der Waals surface area contributed by atoms with Crippen LogP contribution in [-0.4, -0.2) is 47.9 Å². The number of rotatable bonds is 4. The summed E-state index contributed by atoms with van der Waals surface area (Å²) in [5.74, 6) is 0. The molecule has 0 aromatic heterocycles. The molecule has 1 heterocycles. The zero-order chi connectivity index (χ0) is 18.5. The van der Waals surface area contributed by atoms with E-state index in [0.717, 1.165) is 34.5 Å². The maximum Gasteiger partial charge on any atom is 0.410 e. The van der Waals surface area contributed by atoms with Gasteiger partial charge < -0.3 is 14.5 Å². The highest BCUT2D eigenvalue weighted by Gasteiger charge is 2.20. The number of carbonyl (C=O) groups is 1. The molecule has 0 aromatic rings. The summed E-state index contributed by atoms with van der Waals surface area (Å²) < 4.78 is 5.27. The molecule has 1 rings (SSSR count). The number of hydrogen-bond acceptors (Lipinski definition) is 3. The van der Waals surface area contributed by atoms with E-state index in [1.165, 1.54) is 11.6 Å². The summed E-state index contributed by atoms with van der Waals surface area (Å²) in [4.78, 5) is 15.6. The van der Waals surface area contributed by atoms with Crippen LogP contribution < -0.4 is 0 Å². The largest absolute Gasteiger partial charge is 0.444 e. The van der Waals surface area contributed by atoms with E-state index >= 15 is 0 Å². The van der Waals surface area contributed by atoms with Crippen molar-refractivity contribution >= 4 is 14.7 Å². The van der Waals surface area contributed by atoms with E-state index < -0.39 is 5.60 Å². The van der Waals surface area contributed by atoms with E-state index in [1.807, 2.05) is 41.5 Å². The highest BCUT2D eigenvalue weighted by atomic mass is 31.1. The topological polar surface area (TPSA) is 32.8 Å². The number of nitrogens with zero attached hydrogens (tertiary/aromatic N) is 2. The van der Waals surface area contributed by atoms with Crippen molar-refractivity contribution in [1.82, 2.24) is 9.80 Å². The average molecular weight is 346 g/mol. The summed E-state index contributed by atoms with van der Waals surface area (Å²) in [5, 5.41) is 1.53. The Hall–Kier alpha value is -0.760. The molecule has 0 aromatic carbocycles. The van der Waals surface area contributed by atoms with Crippen LogP contribution in [0.3, 0.4) is 0 Å². The molecule has 1 atom stereocenters. The van der Waals surface area contributed by atoms with Crippen molar-refractivity contribution in [3.05, 3.63) is 11.5 Å². The average Bonchev–Trinajstić information content (AvgIpc) is 2.84. The summed E-state index contributed by atoms with van der Waals surface area (Å²) in [6, 6.07) is 0. The van der Waals surface area contributed by atoms with Crippen LogP contribution in [0.5, 0.6) is 0 Å². The van der Waals surface area contributed by atoms with E-state index in [-0.39, 0.29) is 6.09 Å². The van der Waals surface area contributed by atoms with Crippen molar-refractivity contribution in [3.8, 4) is 0 Å². The lowest BCUT2D eigenvalue weighted by atomic mass is 10.2. The summed E-state index contributed by atoms with van der Waals surface area (Å²) in [6.07, 6.45) is 5.38. The SMILES string of the molecule is CC.CC1=CN(C)CP1.CCCCN(CC)C(=O)OC(C)(C)C. The minimum Gasteiger partial charge on any atom is -0.444 e. The molecule has 1 unspecified atom stereocenters. The predicted octanol–water partition coefficient (Wildman–Crippen LogP) is 5.50. The Kier molecular flexibility index (Phi) is 14.5. The highest BCUT2D eigenvalue weighted by molar-refractivity contribution is 7.43. The third kappa shape index (κ3) is 14.6. The molecule has 0 N–H and O–H groups in total. The minimum absolute atomic E-state index is 0.201. The van der Waals surface area contributed by atoms with Crippen LogP contribution in [-0.2, 0) is 4.74 Å². The molecule has 0 fully saturated rings. The standard InChI is InChI=1S/C11H23NO2.C5H10NP.C2H6/c1-6-8-9-12(7-2)10(13)14-11(3,4)5;1-5-3-6(2)4-7-5;1-2/h6-9H2,1-5H3;3,7H,4H2,1-2H3;1-2H3. The zero-order valence-electron chi connectivity index (χ0n) is 16.8. The van der Waals surface area contributed by atoms with Crippen LogP contribution in [0, 0.1) is 0 Å². The van der Waals surface area contributed by atoms with Crippen molar-refractivity contribution in [2.75, 3.05) is 26.4 Å². The number of allylic oxidation sites excluding steroid dienone is 1. The Morgan fingerprint density at radius 3 is 2.17 bits per heavy atom. The molecule has 23 heavy (non-hydrogen) atoms. The van der Waals surface area contributed by atoms with Crippen molar-refractivity contribution < 1.29 is 9.53 Å². The van der Waals surface area contributed by atoms with Gasteiger partial charge in [-0.1, -0.05) is 35.8 Å². The summed E-state index contributed by atoms with van der Waals surface area (Å²) >= 11 is 0. The Labute approximate surface area is 146 Å². The summed E-state index contributed by atoms with van der Waals surface area (Å²) in [6.45, 7) is 17.4. The molecule has 0 saturated carbocycles. The van der Waals surface area contributed by atoms with Gasteiger partial charge in [0, 0.05) is 32.6 Å². The second-order valence-corrected chi connectivity index (χ2v) is 7.78. The monoisotopic (exact) mass is 346 g/mol. The van der Waals surface area contributed by atoms with Crippen molar-refractivity contribution in [2.24, 2.45) is 0 Å². The molecular weight excluding hydrogens is 307 g/mol. The number of amides is 1. The fourth-order valence-electron chi connectivity index (χ4n) is 1.73. The normalized spacial score (nSPS) is 14.3. The van der Waals surface area contributed by atoms with Crippen LogP contribution in [0.2, 0.25) is 0 Å². The molecule has 0 radical (unpaired) electrons. The number of ether oxygens (including phenoxy) is 1. The molecule has 4 nitrogen and oxygen atoms in total. The van der Waals surface area contributed by atoms with Gasteiger partial charge in [-0.2, -0.15) is 0 Å². The van der Waals surface area contributed by atoms with Gasteiger partial charge in [0.05, 0.1) is 0 Å². The third-order valence-corrected chi connectivity index (χ3v) is 4.18. The smallest absolute Gasteiger partial charge is 0.410 e. The van der Waals surface area contributed by atoms with E-state index in [2.05, 4.69) is 32.0 Å². The van der Waals surface area contributed by atoms with Crippen LogP contribution in [0.1, 0.15) is 68.2 Å². The van der Waals surface area contributed by atoms with E-state index in [9.17, 15) is 4.79 Å². The lowest BCUT2D eigenvalue weighted by Crippen LogP contribution is -2.37. The Morgan fingerprint density at radius 2 is 1.91 bits per heavy atom. The first-order valence-electron chi connectivity index (χ1n) is 8.80.